The molecule has 0 aliphatic carbocycles. The van der Waals surface area contributed by atoms with Gasteiger partial charge in [-0.3, -0.25) is 0 Å². The Morgan fingerprint density at radius 2 is 1.95 bits per heavy atom. The lowest BCUT2D eigenvalue weighted by molar-refractivity contribution is 0.275. The maximum absolute atomic E-state index is 13.0. The second-order valence-electron chi connectivity index (χ2n) is 4.65. The SMILES string of the molecule is COc1ccc2c(c1)C(c1ccc(F)cc1)CCO2. The molecule has 98 valence electrons. The van der Waals surface area contributed by atoms with Crippen LogP contribution in [0.25, 0.3) is 0 Å². The zero-order valence-electron chi connectivity index (χ0n) is 10.7. The first-order chi connectivity index (χ1) is 9.28. The lowest BCUT2D eigenvalue weighted by atomic mass is 9.86. The first kappa shape index (κ1) is 12.0. The third kappa shape index (κ3) is 2.28. The van der Waals surface area contributed by atoms with Gasteiger partial charge in [0.2, 0.25) is 0 Å². The van der Waals surface area contributed by atoms with Gasteiger partial charge in [0, 0.05) is 11.5 Å². The highest BCUT2D eigenvalue weighted by Gasteiger charge is 2.23. The summed E-state index contributed by atoms with van der Waals surface area (Å²) in [6.45, 7) is 0.682. The second-order valence-corrected chi connectivity index (χ2v) is 4.65. The van der Waals surface area contributed by atoms with Crippen molar-refractivity contribution >= 4 is 0 Å². The summed E-state index contributed by atoms with van der Waals surface area (Å²) in [7, 11) is 1.65. The Kier molecular flexibility index (Phi) is 3.11. The number of benzene rings is 2. The van der Waals surface area contributed by atoms with Crippen molar-refractivity contribution in [1.82, 2.24) is 0 Å². The second kappa shape index (κ2) is 4.92. The van der Waals surface area contributed by atoms with Crippen LogP contribution in [0.4, 0.5) is 4.39 Å². The minimum Gasteiger partial charge on any atom is -0.497 e. The number of hydrogen-bond donors (Lipinski definition) is 0. The van der Waals surface area contributed by atoms with Crippen molar-refractivity contribution in [2.75, 3.05) is 13.7 Å². The first-order valence-corrected chi connectivity index (χ1v) is 6.34. The van der Waals surface area contributed by atoms with Gasteiger partial charge in [0.15, 0.2) is 0 Å². The van der Waals surface area contributed by atoms with Crippen LogP contribution in [0.5, 0.6) is 11.5 Å². The fourth-order valence-electron chi connectivity index (χ4n) is 2.54. The molecule has 1 heterocycles. The number of fused-ring (bicyclic) bond motifs is 1. The fourth-order valence-corrected chi connectivity index (χ4v) is 2.54. The molecule has 1 atom stereocenters. The maximum Gasteiger partial charge on any atom is 0.123 e. The molecular formula is C16H15FO2. The lowest BCUT2D eigenvalue weighted by Crippen LogP contribution is -2.15. The Balaban J connectivity index is 2.03. The molecule has 0 saturated heterocycles. The van der Waals surface area contributed by atoms with E-state index in [1.807, 2.05) is 30.3 Å². The first-order valence-electron chi connectivity index (χ1n) is 6.34. The van der Waals surface area contributed by atoms with Crippen LogP contribution in [0, 0.1) is 5.82 Å². The standard InChI is InChI=1S/C16H15FO2/c1-18-13-6-7-16-15(10-13)14(8-9-19-16)11-2-4-12(17)5-3-11/h2-7,10,14H,8-9H2,1H3. The van der Waals surface area contributed by atoms with Gasteiger partial charge in [0.25, 0.3) is 0 Å². The Morgan fingerprint density at radius 1 is 1.16 bits per heavy atom. The van der Waals surface area contributed by atoms with Gasteiger partial charge in [-0.15, -0.1) is 0 Å². The number of methoxy groups -OCH3 is 1. The summed E-state index contributed by atoms with van der Waals surface area (Å²) in [6, 6.07) is 12.5. The predicted octanol–water partition coefficient (Wildman–Crippen LogP) is 3.75. The van der Waals surface area contributed by atoms with Crippen LogP contribution in [0.2, 0.25) is 0 Å². The maximum atomic E-state index is 13.0. The molecule has 0 amide bonds. The largest absolute Gasteiger partial charge is 0.497 e. The van der Waals surface area contributed by atoms with Gasteiger partial charge in [0.05, 0.1) is 13.7 Å². The topological polar surface area (TPSA) is 18.5 Å². The third-order valence-corrected chi connectivity index (χ3v) is 3.53. The van der Waals surface area contributed by atoms with E-state index >= 15 is 0 Å². The van der Waals surface area contributed by atoms with E-state index in [9.17, 15) is 4.39 Å². The van der Waals surface area contributed by atoms with Gasteiger partial charge in [0.1, 0.15) is 17.3 Å². The van der Waals surface area contributed by atoms with Crippen molar-refractivity contribution in [2.24, 2.45) is 0 Å². The average molecular weight is 258 g/mol. The van der Waals surface area contributed by atoms with Crippen molar-refractivity contribution in [2.45, 2.75) is 12.3 Å². The highest BCUT2D eigenvalue weighted by Crippen LogP contribution is 2.39. The number of ether oxygens (including phenoxy) is 2. The molecule has 2 nitrogen and oxygen atoms in total. The predicted molar refractivity (Wildman–Crippen MR) is 71.3 cm³/mol. The molecule has 1 aliphatic rings. The Morgan fingerprint density at radius 3 is 2.68 bits per heavy atom. The van der Waals surface area contributed by atoms with Crippen LogP contribution < -0.4 is 9.47 Å². The zero-order valence-corrected chi connectivity index (χ0v) is 10.7. The van der Waals surface area contributed by atoms with E-state index in [1.165, 1.54) is 12.1 Å². The number of hydrogen-bond acceptors (Lipinski definition) is 2. The van der Waals surface area contributed by atoms with Crippen LogP contribution in [0.3, 0.4) is 0 Å². The summed E-state index contributed by atoms with van der Waals surface area (Å²) in [5.74, 6) is 1.74. The van der Waals surface area contributed by atoms with Crippen LogP contribution in [-0.2, 0) is 0 Å². The molecule has 1 unspecified atom stereocenters. The van der Waals surface area contributed by atoms with E-state index in [0.717, 1.165) is 29.0 Å². The summed E-state index contributed by atoms with van der Waals surface area (Å²) in [6.07, 6.45) is 0.895. The van der Waals surface area contributed by atoms with E-state index in [0.29, 0.717) is 6.61 Å². The van der Waals surface area contributed by atoms with Gasteiger partial charge in [-0.05, 0) is 42.3 Å². The quantitative estimate of drug-likeness (QED) is 0.816. The van der Waals surface area contributed by atoms with Crippen molar-refractivity contribution < 1.29 is 13.9 Å². The van der Waals surface area contributed by atoms with Crippen LogP contribution in [0.15, 0.2) is 42.5 Å². The van der Waals surface area contributed by atoms with Crippen molar-refractivity contribution in [3.63, 3.8) is 0 Å². The molecule has 3 heteroatoms. The van der Waals surface area contributed by atoms with E-state index < -0.39 is 0 Å². The monoisotopic (exact) mass is 258 g/mol. The van der Waals surface area contributed by atoms with Crippen molar-refractivity contribution in [3.8, 4) is 11.5 Å². The fraction of sp³-hybridized carbons (Fsp3) is 0.250. The third-order valence-electron chi connectivity index (χ3n) is 3.53. The Labute approximate surface area is 111 Å². The van der Waals surface area contributed by atoms with Crippen LogP contribution in [-0.4, -0.2) is 13.7 Å². The van der Waals surface area contributed by atoms with Gasteiger partial charge in [-0.2, -0.15) is 0 Å². The summed E-state index contributed by atoms with van der Waals surface area (Å²) < 4.78 is 24.0. The lowest BCUT2D eigenvalue weighted by Gasteiger charge is -2.26. The van der Waals surface area contributed by atoms with Crippen LogP contribution >= 0.6 is 0 Å². The van der Waals surface area contributed by atoms with E-state index in [1.54, 1.807) is 7.11 Å². The van der Waals surface area contributed by atoms with Crippen LogP contribution in [0.1, 0.15) is 23.5 Å². The highest BCUT2D eigenvalue weighted by atomic mass is 19.1. The highest BCUT2D eigenvalue weighted by molar-refractivity contribution is 5.47. The van der Waals surface area contributed by atoms with Gasteiger partial charge < -0.3 is 9.47 Å². The molecule has 2 aromatic carbocycles. The van der Waals surface area contributed by atoms with Gasteiger partial charge in [-0.1, -0.05) is 12.1 Å². The Hall–Kier alpha value is -2.03. The molecule has 3 rings (SSSR count). The van der Waals surface area contributed by atoms with Crippen molar-refractivity contribution in [3.05, 3.63) is 59.4 Å². The van der Waals surface area contributed by atoms with Crippen molar-refractivity contribution in [1.29, 1.82) is 0 Å². The van der Waals surface area contributed by atoms with E-state index in [4.69, 9.17) is 9.47 Å². The molecule has 0 N–H and O–H groups in total. The normalized spacial score (nSPS) is 17.5. The molecule has 0 aromatic heterocycles. The molecule has 1 aliphatic heterocycles. The number of rotatable bonds is 2. The molecule has 0 bridgehead atoms. The molecule has 0 spiro atoms. The average Bonchev–Trinajstić information content (AvgIpc) is 2.47. The van der Waals surface area contributed by atoms with E-state index in [2.05, 4.69) is 0 Å². The summed E-state index contributed by atoms with van der Waals surface area (Å²) in [5, 5.41) is 0. The number of halogens is 1. The zero-order chi connectivity index (χ0) is 13.2. The van der Waals surface area contributed by atoms with E-state index in [-0.39, 0.29) is 11.7 Å². The smallest absolute Gasteiger partial charge is 0.123 e. The Bertz CT molecular complexity index is 578. The van der Waals surface area contributed by atoms with Gasteiger partial charge in [-0.25, -0.2) is 4.39 Å². The minimum atomic E-state index is -0.207. The minimum absolute atomic E-state index is 0.207. The molecule has 19 heavy (non-hydrogen) atoms. The summed E-state index contributed by atoms with van der Waals surface area (Å²) in [4.78, 5) is 0. The molecule has 2 aromatic rings. The summed E-state index contributed by atoms with van der Waals surface area (Å²) >= 11 is 0. The summed E-state index contributed by atoms with van der Waals surface area (Å²) in [5.41, 5.74) is 2.22. The molecular weight excluding hydrogens is 243 g/mol. The molecule has 0 fully saturated rings. The van der Waals surface area contributed by atoms with Gasteiger partial charge >= 0.3 is 0 Å². The molecule has 0 radical (unpaired) electrons. The molecule has 0 saturated carbocycles.